The largest absolute Gasteiger partial charge is 0.478 e. The standard InChI is InChI=1S/C14H18FNO3/c1-2-16(5-6-17)10-12-7-11(3-4-14(18)19)8-13(15)9-12/h3-4,7-9,17H,2,5-6,10H2,1H3,(H,18,19). The zero-order valence-electron chi connectivity index (χ0n) is 10.8. The van der Waals surface area contributed by atoms with Crippen molar-refractivity contribution in [1.82, 2.24) is 4.90 Å². The minimum absolute atomic E-state index is 0.0505. The number of carbonyl (C=O) groups is 1. The lowest BCUT2D eigenvalue weighted by Crippen LogP contribution is -2.26. The number of aliphatic hydroxyl groups is 1. The van der Waals surface area contributed by atoms with Gasteiger partial charge in [0.2, 0.25) is 0 Å². The van der Waals surface area contributed by atoms with Crippen molar-refractivity contribution in [3.05, 3.63) is 41.2 Å². The van der Waals surface area contributed by atoms with Crippen LogP contribution in [0.5, 0.6) is 0 Å². The van der Waals surface area contributed by atoms with E-state index in [4.69, 9.17) is 10.2 Å². The molecule has 0 saturated heterocycles. The van der Waals surface area contributed by atoms with Gasteiger partial charge in [0.25, 0.3) is 0 Å². The fraction of sp³-hybridized carbons (Fsp3) is 0.357. The monoisotopic (exact) mass is 267 g/mol. The van der Waals surface area contributed by atoms with Gasteiger partial charge in [-0.3, -0.25) is 4.90 Å². The highest BCUT2D eigenvalue weighted by atomic mass is 19.1. The molecule has 5 heteroatoms. The van der Waals surface area contributed by atoms with E-state index in [1.54, 1.807) is 6.07 Å². The van der Waals surface area contributed by atoms with Crippen molar-refractivity contribution in [2.45, 2.75) is 13.5 Å². The molecule has 4 nitrogen and oxygen atoms in total. The smallest absolute Gasteiger partial charge is 0.328 e. The van der Waals surface area contributed by atoms with E-state index < -0.39 is 11.8 Å². The van der Waals surface area contributed by atoms with Crippen molar-refractivity contribution in [3.63, 3.8) is 0 Å². The lowest BCUT2D eigenvalue weighted by Gasteiger charge is -2.19. The quantitative estimate of drug-likeness (QED) is 0.739. The molecule has 0 radical (unpaired) electrons. The van der Waals surface area contributed by atoms with E-state index in [1.807, 2.05) is 11.8 Å². The lowest BCUT2D eigenvalue weighted by atomic mass is 10.1. The van der Waals surface area contributed by atoms with E-state index in [2.05, 4.69) is 0 Å². The van der Waals surface area contributed by atoms with E-state index in [1.165, 1.54) is 18.2 Å². The maximum atomic E-state index is 13.4. The number of rotatable bonds is 7. The van der Waals surface area contributed by atoms with Crippen molar-refractivity contribution >= 4 is 12.0 Å². The van der Waals surface area contributed by atoms with Crippen LogP contribution in [0.4, 0.5) is 4.39 Å². The molecule has 0 fully saturated rings. The molecule has 0 aromatic heterocycles. The highest BCUT2D eigenvalue weighted by Gasteiger charge is 2.05. The first-order chi connectivity index (χ1) is 9.05. The fourth-order valence-corrected chi connectivity index (χ4v) is 1.78. The summed E-state index contributed by atoms with van der Waals surface area (Å²) >= 11 is 0. The van der Waals surface area contributed by atoms with Gasteiger partial charge in [-0.15, -0.1) is 0 Å². The van der Waals surface area contributed by atoms with Gasteiger partial charge in [-0.05, 0) is 35.9 Å². The first kappa shape index (κ1) is 15.3. The van der Waals surface area contributed by atoms with Gasteiger partial charge in [-0.25, -0.2) is 9.18 Å². The Labute approximate surface area is 111 Å². The number of nitrogens with zero attached hydrogens (tertiary/aromatic N) is 1. The molecule has 0 saturated carbocycles. The molecule has 2 N–H and O–H groups in total. The Kier molecular flexibility index (Phi) is 6.18. The summed E-state index contributed by atoms with van der Waals surface area (Å²) in [4.78, 5) is 12.4. The third kappa shape index (κ3) is 5.63. The van der Waals surface area contributed by atoms with Crippen LogP contribution < -0.4 is 0 Å². The highest BCUT2D eigenvalue weighted by molar-refractivity contribution is 5.85. The first-order valence-electron chi connectivity index (χ1n) is 6.09. The molecule has 19 heavy (non-hydrogen) atoms. The van der Waals surface area contributed by atoms with Crippen molar-refractivity contribution in [2.24, 2.45) is 0 Å². The van der Waals surface area contributed by atoms with Crippen LogP contribution in [0.1, 0.15) is 18.1 Å². The van der Waals surface area contributed by atoms with Crippen LogP contribution in [0.3, 0.4) is 0 Å². The molecule has 1 rings (SSSR count). The van der Waals surface area contributed by atoms with Gasteiger partial charge in [0.05, 0.1) is 6.61 Å². The minimum Gasteiger partial charge on any atom is -0.478 e. The third-order valence-electron chi connectivity index (χ3n) is 2.67. The van der Waals surface area contributed by atoms with E-state index >= 15 is 0 Å². The van der Waals surface area contributed by atoms with Crippen LogP contribution in [0.2, 0.25) is 0 Å². The SMILES string of the molecule is CCN(CCO)Cc1cc(F)cc(C=CC(=O)O)c1. The number of benzene rings is 1. The summed E-state index contributed by atoms with van der Waals surface area (Å²) in [5.41, 5.74) is 1.26. The summed E-state index contributed by atoms with van der Waals surface area (Å²) in [6, 6.07) is 4.44. The van der Waals surface area contributed by atoms with Gasteiger partial charge in [0.1, 0.15) is 5.82 Å². The van der Waals surface area contributed by atoms with Crippen LogP contribution in [0, 0.1) is 5.82 Å². The van der Waals surface area contributed by atoms with E-state index in [9.17, 15) is 9.18 Å². The second-order valence-corrected chi connectivity index (χ2v) is 4.16. The van der Waals surface area contributed by atoms with Gasteiger partial charge in [-0.1, -0.05) is 13.0 Å². The number of carboxylic acid groups (broad SMARTS) is 1. The summed E-state index contributed by atoms with van der Waals surface area (Å²) < 4.78 is 13.4. The molecule has 0 aliphatic rings. The summed E-state index contributed by atoms with van der Waals surface area (Å²) in [5.74, 6) is -1.47. The Morgan fingerprint density at radius 2 is 2.16 bits per heavy atom. The zero-order chi connectivity index (χ0) is 14.3. The van der Waals surface area contributed by atoms with Crippen LogP contribution >= 0.6 is 0 Å². The highest BCUT2D eigenvalue weighted by Crippen LogP contribution is 2.13. The molecule has 0 amide bonds. The van der Waals surface area contributed by atoms with Gasteiger partial charge in [-0.2, -0.15) is 0 Å². The number of aliphatic hydroxyl groups excluding tert-OH is 1. The van der Waals surface area contributed by atoms with Gasteiger partial charge >= 0.3 is 5.97 Å². The molecule has 0 aliphatic carbocycles. The number of halogens is 1. The molecule has 104 valence electrons. The molecule has 0 unspecified atom stereocenters. The van der Waals surface area contributed by atoms with Crippen LogP contribution in [-0.4, -0.2) is 40.8 Å². The average Bonchev–Trinajstić information content (AvgIpc) is 2.35. The van der Waals surface area contributed by atoms with Crippen LogP contribution in [0.25, 0.3) is 6.08 Å². The molecule has 0 bridgehead atoms. The average molecular weight is 267 g/mol. The molecule has 0 aliphatic heterocycles. The van der Waals surface area contributed by atoms with Crippen LogP contribution in [-0.2, 0) is 11.3 Å². The zero-order valence-corrected chi connectivity index (χ0v) is 10.8. The normalized spacial score (nSPS) is 11.4. The van der Waals surface area contributed by atoms with Gasteiger partial charge < -0.3 is 10.2 Å². The minimum atomic E-state index is -1.07. The number of hydrogen-bond acceptors (Lipinski definition) is 3. The van der Waals surface area contributed by atoms with Crippen molar-refractivity contribution < 1.29 is 19.4 Å². The van der Waals surface area contributed by atoms with E-state index in [0.29, 0.717) is 18.7 Å². The van der Waals surface area contributed by atoms with Crippen molar-refractivity contribution in [3.8, 4) is 0 Å². The number of hydrogen-bond donors (Lipinski definition) is 2. The molecule has 1 aromatic rings. The van der Waals surface area contributed by atoms with Crippen molar-refractivity contribution in [2.75, 3.05) is 19.7 Å². The second kappa shape index (κ2) is 7.66. The molecule has 0 spiro atoms. The molecule has 0 atom stereocenters. The predicted octanol–water partition coefficient (Wildman–Crippen LogP) is 1.74. The van der Waals surface area contributed by atoms with Gasteiger partial charge in [0, 0.05) is 19.2 Å². The Hall–Kier alpha value is -1.72. The number of likely N-dealkylation sites (N-methyl/N-ethyl adjacent to an activating group) is 1. The summed E-state index contributed by atoms with van der Waals surface area (Å²) in [6.07, 6.45) is 2.33. The Bertz CT molecular complexity index is 460. The molecular formula is C14H18FNO3. The van der Waals surface area contributed by atoms with Crippen LogP contribution in [0.15, 0.2) is 24.3 Å². The van der Waals surface area contributed by atoms with Crippen molar-refractivity contribution in [1.29, 1.82) is 0 Å². The summed E-state index contributed by atoms with van der Waals surface area (Å²) in [7, 11) is 0. The van der Waals surface area contributed by atoms with E-state index in [0.717, 1.165) is 18.2 Å². The topological polar surface area (TPSA) is 60.8 Å². The second-order valence-electron chi connectivity index (χ2n) is 4.16. The number of carboxylic acids is 1. The Morgan fingerprint density at radius 3 is 2.74 bits per heavy atom. The third-order valence-corrected chi connectivity index (χ3v) is 2.67. The maximum Gasteiger partial charge on any atom is 0.328 e. The summed E-state index contributed by atoms with van der Waals surface area (Å²) in [5, 5.41) is 17.5. The molecular weight excluding hydrogens is 249 g/mol. The summed E-state index contributed by atoms with van der Waals surface area (Å²) in [6.45, 7) is 3.79. The lowest BCUT2D eigenvalue weighted by molar-refractivity contribution is -0.131. The first-order valence-corrected chi connectivity index (χ1v) is 6.09. The fourth-order valence-electron chi connectivity index (χ4n) is 1.78. The maximum absolute atomic E-state index is 13.4. The van der Waals surface area contributed by atoms with Gasteiger partial charge in [0.15, 0.2) is 0 Å². The predicted molar refractivity (Wildman–Crippen MR) is 71.1 cm³/mol. The molecule has 1 aromatic carbocycles. The number of aliphatic carboxylic acids is 1. The Balaban J connectivity index is 2.86. The van der Waals surface area contributed by atoms with E-state index in [-0.39, 0.29) is 6.61 Å². The molecule has 0 heterocycles. The Morgan fingerprint density at radius 1 is 1.42 bits per heavy atom.